The number of hydrogen-bond acceptors (Lipinski definition) is 8. The van der Waals surface area contributed by atoms with Crippen molar-refractivity contribution in [2.45, 2.75) is 0 Å². The van der Waals surface area contributed by atoms with Gasteiger partial charge in [0.05, 0.1) is 22.7 Å². The van der Waals surface area contributed by atoms with E-state index in [4.69, 9.17) is 43.9 Å². The second kappa shape index (κ2) is 9.86. The molecule has 0 saturated carbocycles. The van der Waals surface area contributed by atoms with Crippen molar-refractivity contribution in [3.63, 3.8) is 0 Å². The zero-order chi connectivity index (χ0) is 23.1. The molecule has 4 aromatic rings. The van der Waals surface area contributed by atoms with Crippen LogP contribution in [0.25, 0.3) is 0 Å². The van der Waals surface area contributed by atoms with E-state index in [1.807, 2.05) is 24.3 Å². The molecule has 32 heavy (non-hydrogen) atoms. The van der Waals surface area contributed by atoms with Gasteiger partial charge in [-0.25, -0.2) is 0 Å². The van der Waals surface area contributed by atoms with E-state index < -0.39 is 0 Å². The largest absolute Gasteiger partial charge is 0.457 e. The van der Waals surface area contributed by atoms with Crippen LogP contribution < -0.4 is 43.9 Å². The molecule has 0 bridgehead atoms. The molecule has 0 radical (unpaired) electrons. The van der Waals surface area contributed by atoms with E-state index in [0.717, 1.165) is 22.9 Å². The fourth-order valence-electron chi connectivity index (χ4n) is 2.58. The number of ether oxygens (including phenoxy) is 2. The van der Waals surface area contributed by atoms with Gasteiger partial charge in [0.2, 0.25) is 0 Å². The molecule has 8 heteroatoms. The normalized spacial score (nSPS) is 10.0. The molecule has 0 aromatic heterocycles. The maximum atomic E-state index is 5.68. The van der Waals surface area contributed by atoms with Crippen molar-refractivity contribution in [3.8, 4) is 23.0 Å². The zero-order valence-electron chi connectivity index (χ0n) is 17.4. The van der Waals surface area contributed by atoms with Crippen LogP contribution in [0.3, 0.4) is 0 Å². The Hall–Kier alpha value is -4.72. The Balaban J connectivity index is 0.000000182. The van der Waals surface area contributed by atoms with Crippen molar-refractivity contribution in [3.05, 3.63) is 84.9 Å². The Morgan fingerprint density at radius 2 is 0.656 bits per heavy atom. The first-order valence-electron chi connectivity index (χ1n) is 9.67. The fourth-order valence-corrected chi connectivity index (χ4v) is 2.58. The Morgan fingerprint density at radius 3 is 1.00 bits per heavy atom. The summed E-state index contributed by atoms with van der Waals surface area (Å²) in [4.78, 5) is 0. The van der Waals surface area contributed by atoms with Gasteiger partial charge >= 0.3 is 0 Å². The van der Waals surface area contributed by atoms with Crippen molar-refractivity contribution < 1.29 is 9.47 Å². The quantitative estimate of drug-likeness (QED) is 0.257. The Kier molecular flexibility index (Phi) is 6.77. The minimum atomic E-state index is 0.478. The summed E-state index contributed by atoms with van der Waals surface area (Å²) in [5.41, 5.74) is 37.2. The van der Waals surface area contributed by atoms with E-state index in [0.29, 0.717) is 34.2 Å². The predicted octanol–water partition coefficient (Wildman–Crippen LogP) is 4.45. The van der Waals surface area contributed by atoms with Crippen LogP contribution in [0.4, 0.5) is 34.1 Å². The molecular weight excluding hydrogens is 404 g/mol. The van der Waals surface area contributed by atoms with Gasteiger partial charge in [-0.3, -0.25) is 0 Å². The summed E-state index contributed by atoms with van der Waals surface area (Å²) in [6.07, 6.45) is 0. The molecule has 12 N–H and O–H groups in total. The standard InChI is InChI=1S/C12H14N4O.C12H12N2O/c13-9-3-1-7(5-11(9)15)17-8-2-4-10(14)12(16)6-8;13-9-1-5-11(6-2-9)15-12-7-3-10(14)4-8-12/h1-6H,13-16H2;1-8H,13-14H2. The Labute approximate surface area is 186 Å². The first kappa shape index (κ1) is 22.0. The number of nitrogen functional groups attached to an aromatic ring is 6. The monoisotopic (exact) mass is 430 g/mol. The lowest BCUT2D eigenvalue weighted by atomic mass is 10.2. The summed E-state index contributed by atoms with van der Waals surface area (Å²) < 4.78 is 11.2. The van der Waals surface area contributed by atoms with Gasteiger partial charge in [0.25, 0.3) is 0 Å². The number of nitrogens with two attached hydrogens (primary N) is 6. The lowest BCUT2D eigenvalue weighted by molar-refractivity contribution is 0.483. The van der Waals surface area contributed by atoms with E-state index in [2.05, 4.69) is 0 Å². The minimum Gasteiger partial charge on any atom is -0.457 e. The van der Waals surface area contributed by atoms with Gasteiger partial charge in [0.15, 0.2) is 0 Å². The van der Waals surface area contributed by atoms with Gasteiger partial charge < -0.3 is 43.9 Å². The molecule has 164 valence electrons. The first-order valence-corrected chi connectivity index (χ1v) is 9.67. The maximum Gasteiger partial charge on any atom is 0.129 e. The lowest BCUT2D eigenvalue weighted by Gasteiger charge is -2.09. The molecule has 0 heterocycles. The fraction of sp³-hybridized carbons (Fsp3) is 0. The molecule has 8 nitrogen and oxygen atoms in total. The summed E-state index contributed by atoms with van der Waals surface area (Å²) in [5, 5.41) is 0. The van der Waals surface area contributed by atoms with Crippen LogP contribution in [0, 0.1) is 0 Å². The molecule has 0 fully saturated rings. The number of anilines is 6. The molecule has 0 aliphatic rings. The van der Waals surface area contributed by atoms with E-state index in [9.17, 15) is 0 Å². The van der Waals surface area contributed by atoms with Gasteiger partial charge in [-0.2, -0.15) is 0 Å². The number of benzene rings is 4. The highest BCUT2D eigenvalue weighted by molar-refractivity contribution is 5.67. The lowest BCUT2D eigenvalue weighted by Crippen LogP contribution is -1.96. The molecule has 0 atom stereocenters. The third kappa shape index (κ3) is 6.14. The third-order valence-corrected chi connectivity index (χ3v) is 4.35. The van der Waals surface area contributed by atoms with Crippen molar-refractivity contribution in [1.82, 2.24) is 0 Å². The SMILES string of the molecule is Nc1ccc(Oc2ccc(N)c(N)c2)cc1N.Nc1ccc(Oc2ccc(N)cc2)cc1. The highest BCUT2D eigenvalue weighted by Crippen LogP contribution is 2.29. The number of rotatable bonds is 4. The maximum absolute atomic E-state index is 5.68. The van der Waals surface area contributed by atoms with Gasteiger partial charge in [-0.15, -0.1) is 0 Å². The molecule has 0 unspecified atom stereocenters. The van der Waals surface area contributed by atoms with Crippen LogP contribution in [-0.4, -0.2) is 0 Å². The zero-order valence-corrected chi connectivity index (χ0v) is 17.4. The van der Waals surface area contributed by atoms with Gasteiger partial charge in [-0.1, -0.05) is 0 Å². The van der Waals surface area contributed by atoms with Crippen LogP contribution in [0.15, 0.2) is 84.9 Å². The van der Waals surface area contributed by atoms with E-state index in [-0.39, 0.29) is 0 Å². The average molecular weight is 431 g/mol. The van der Waals surface area contributed by atoms with E-state index in [1.165, 1.54) is 0 Å². The average Bonchev–Trinajstić information content (AvgIpc) is 2.77. The molecule has 0 saturated heterocycles. The molecule has 0 aliphatic carbocycles. The second-order valence-corrected chi connectivity index (χ2v) is 6.92. The summed E-state index contributed by atoms with van der Waals surface area (Å²) in [5.74, 6) is 2.71. The summed E-state index contributed by atoms with van der Waals surface area (Å²) in [7, 11) is 0. The van der Waals surface area contributed by atoms with Gasteiger partial charge in [0, 0.05) is 23.5 Å². The Morgan fingerprint density at radius 1 is 0.344 bits per heavy atom. The van der Waals surface area contributed by atoms with Crippen molar-refractivity contribution in [2.24, 2.45) is 0 Å². The van der Waals surface area contributed by atoms with Gasteiger partial charge in [0.1, 0.15) is 23.0 Å². The van der Waals surface area contributed by atoms with Crippen molar-refractivity contribution in [1.29, 1.82) is 0 Å². The molecule has 0 spiro atoms. The van der Waals surface area contributed by atoms with E-state index >= 15 is 0 Å². The van der Waals surface area contributed by atoms with Crippen LogP contribution in [0.5, 0.6) is 23.0 Å². The molecule has 0 amide bonds. The molecule has 4 aromatic carbocycles. The molecule has 0 aliphatic heterocycles. The van der Waals surface area contributed by atoms with Gasteiger partial charge in [-0.05, 0) is 72.8 Å². The topological polar surface area (TPSA) is 175 Å². The second-order valence-electron chi connectivity index (χ2n) is 6.92. The summed E-state index contributed by atoms with van der Waals surface area (Å²) in [6.45, 7) is 0. The van der Waals surface area contributed by atoms with Crippen molar-refractivity contribution in [2.75, 3.05) is 34.4 Å². The highest BCUT2D eigenvalue weighted by atomic mass is 16.5. The van der Waals surface area contributed by atoms with Crippen LogP contribution in [-0.2, 0) is 0 Å². The first-order chi connectivity index (χ1) is 15.3. The van der Waals surface area contributed by atoms with Crippen LogP contribution in [0.2, 0.25) is 0 Å². The summed E-state index contributed by atoms with van der Waals surface area (Å²) >= 11 is 0. The Bertz CT molecular complexity index is 1090. The molecular formula is C24H26N6O2. The smallest absolute Gasteiger partial charge is 0.129 e. The van der Waals surface area contributed by atoms with Crippen LogP contribution in [0.1, 0.15) is 0 Å². The number of hydrogen-bond donors (Lipinski definition) is 6. The minimum absolute atomic E-state index is 0.478. The highest BCUT2D eigenvalue weighted by Gasteiger charge is 2.02. The van der Waals surface area contributed by atoms with E-state index in [1.54, 1.807) is 60.7 Å². The van der Waals surface area contributed by atoms with Crippen LogP contribution >= 0.6 is 0 Å². The summed E-state index contributed by atoms with van der Waals surface area (Å²) in [6, 6.07) is 24.6. The predicted molar refractivity (Wildman–Crippen MR) is 132 cm³/mol. The molecule has 4 rings (SSSR count). The third-order valence-electron chi connectivity index (χ3n) is 4.35. The van der Waals surface area contributed by atoms with Crippen molar-refractivity contribution >= 4 is 34.1 Å².